The quantitative estimate of drug-likeness (QED) is 0.874. The summed E-state index contributed by atoms with van der Waals surface area (Å²) in [6.07, 6.45) is 2.16. The fraction of sp³-hybridized carbons (Fsp3) is 0.769. The van der Waals surface area contributed by atoms with Gasteiger partial charge in [-0.1, -0.05) is 6.92 Å². The van der Waals surface area contributed by atoms with Crippen LogP contribution in [0.2, 0.25) is 0 Å². The second kappa shape index (κ2) is 5.72. The maximum Gasteiger partial charge on any atom is 0.0767 e. The van der Waals surface area contributed by atoms with Crippen molar-refractivity contribution in [1.82, 2.24) is 20.4 Å². The Labute approximate surface area is 118 Å². The molecule has 0 aromatic carbocycles. The molecule has 1 fully saturated rings. The van der Waals surface area contributed by atoms with E-state index in [-0.39, 0.29) is 5.54 Å². The van der Waals surface area contributed by atoms with Gasteiger partial charge < -0.3 is 10.6 Å². The molecule has 1 unspecified atom stereocenters. The van der Waals surface area contributed by atoms with Crippen molar-refractivity contribution in [3.63, 3.8) is 0 Å². The molecule has 1 aliphatic heterocycles. The summed E-state index contributed by atoms with van der Waals surface area (Å²) in [6.45, 7) is 10.5. The fourth-order valence-electron chi connectivity index (χ4n) is 2.45. The Morgan fingerprint density at radius 2 is 2.28 bits per heavy atom. The van der Waals surface area contributed by atoms with Crippen LogP contribution in [0.15, 0.2) is 4.47 Å². The third-order valence-electron chi connectivity index (χ3n) is 3.75. The first kappa shape index (κ1) is 14.0. The highest BCUT2D eigenvalue weighted by atomic mass is 79.9. The van der Waals surface area contributed by atoms with Gasteiger partial charge in [-0.05, 0) is 49.2 Å². The summed E-state index contributed by atoms with van der Waals surface area (Å²) in [4.78, 5) is 0. The Balaban J connectivity index is 2.10. The molecule has 0 saturated carbocycles. The van der Waals surface area contributed by atoms with Crippen LogP contribution in [0.3, 0.4) is 0 Å². The van der Waals surface area contributed by atoms with E-state index in [0.29, 0.717) is 0 Å². The predicted molar refractivity (Wildman–Crippen MR) is 77.7 cm³/mol. The largest absolute Gasteiger partial charge is 0.315 e. The molecule has 2 rings (SSSR count). The molecular formula is C13H23BrN4. The molecule has 0 radical (unpaired) electrons. The molecule has 0 amide bonds. The van der Waals surface area contributed by atoms with E-state index in [4.69, 9.17) is 0 Å². The van der Waals surface area contributed by atoms with Crippen LogP contribution >= 0.6 is 15.9 Å². The van der Waals surface area contributed by atoms with Crippen molar-refractivity contribution in [2.45, 2.75) is 52.2 Å². The Morgan fingerprint density at radius 3 is 2.83 bits per heavy atom. The molecule has 1 aromatic heterocycles. The predicted octanol–water partition coefficient (Wildman–Crippen LogP) is 2.07. The molecule has 1 aromatic rings. The summed E-state index contributed by atoms with van der Waals surface area (Å²) in [7, 11) is 0. The summed E-state index contributed by atoms with van der Waals surface area (Å²) in [6, 6.07) is 0. The fourth-order valence-corrected chi connectivity index (χ4v) is 3.16. The lowest BCUT2D eigenvalue weighted by atomic mass is 10.0. The van der Waals surface area contributed by atoms with Gasteiger partial charge in [0.25, 0.3) is 0 Å². The zero-order chi connectivity index (χ0) is 13.2. The molecule has 2 heterocycles. The molecule has 1 atom stereocenters. The summed E-state index contributed by atoms with van der Waals surface area (Å²) >= 11 is 3.69. The molecule has 0 aliphatic carbocycles. The van der Waals surface area contributed by atoms with Crippen molar-refractivity contribution in [3.8, 4) is 0 Å². The van der Waals surface area contributed by atoms with Gasteiger partial charge in [0.15, 0.2) is 0 Å². The van der Waals surface area contributed by atoms with Gasteiger partial charge in [0.2, 0.25) is 0 Å². The van der Waals surface area contributed by atoms with Crippen molar-refractivity contribution in [2.75, 3.05) is 13.1 Å². The van der Waals surface area contributed by atoms with E-state index in [9.17, 15) is 0 Å². The highest BCUT2D eigenvalue weighted by Gasteiger charge is 2.28. The van der Waals surface area contributed by atoms with Crippen LogP contribution in [-0.2, 0) is 19.5 Å². The lowest BCUT2D eigenvalue weighted by Crippen LogP contribution is -2.43. The minimum Gasteiger partial charge on any atom is -0.315 e. The molecule has 1 saturated heterocycles. The van der Waals surface area contributed by atoms with E-state index in [0.717, 1.165) is 38.3 Å². The molecular weight excluding hydrogens is 292 g/mol. The summed E-state index contributed by atoms with van der Waals surface area (Å²) in [5, 5.41) is 11.7. The summed E-state index contributed by atoms with van der Waals surface area (Å²) in [5.41, 5.74) is 2.64. The van der Waals surface area contributed by atoms with Crippen molar-refractivity contribution in [3.05, 3.63) is 15.9 Å². The standard InChI is InChI=1S/C13H23BrN4/c1-4-10-12(14)11(18(5-2)17-10)8-16-13(3)6-7-15-9-13/h15-16H,4-9H2,1-3H3. The molecule has 5 heteroatoms. The zero-order valence-electron chi connectivity index (χ0n) is 11.5. The normalized spacial score (nSPS) is 23.8. The third-order valence-corrected chi connectivity index (χ3v) is 4.66. The van der Waals surface area contributed by atoms with Crippen LogP contribution in [0.4, 0.5) is 0 Å². The summed E-state index contributed by atoms with van der Waals surface area (Å²) in [5.74, 6) is 0. The van der Waals surface area contributed by atoms with Crippen LogP contribution in [0.5, 0.6) is 0 Å². The average molecular weight is 315 g/mol. The van der Waals surface area contributed by atoms with Gasteiger partial charge in [0.05, 0.1) is 15.9 Å². The number of aromatic nitrogens is 2. The van der Waals surface area contributed by atoms with E-state index >= 15 is 0 Å². The minimum atomic E-state index is 0.217. The van der Waals surface area contributed by atoms with Crippen LogP contribution < -0.4 is 10.6 Å². The van der Waals surface area contributed by atoms with E-state index < -0.39 is 0 Å². The van der Waals surface area contributed by atoms with Gasteiger partial charge >= 0.3 is 0 Å². The second-order valence-corrected chi connectivity index (χ2v) is 6.01. The van der Waals surface area contributed by atoms with E-state index in [1.165, 1.54) is 16.6 Å². The number of nitrogens with zero attached hydrogens (tertiary/aromatic N) is 2. The molecule has 2 N–H and O–H groups in total. The number of rotatable bonds is 5. The Kier molecular flexibility index (Phi) is 4.45. The number of aryl methyl sites for hydroxylation is 2. The maximum atomic E-state index is 4.63. The Bertz CT molecular complexity index is 407. The lowest BCUT2D eigenvalue weighted by molar-refractivity contribution is 0.377. The van der Waals surface area contributed by atoms with Gasteiger partial charge in [0, 0.05) is 25.2 Å². The van der Waals surface area contributed by atoms with Gasteiger partial charge in [-0.25, -0.2) is 0 Å². The SMILES string of the molecule is CCc1nn(CC)c(CNC2(C)CCNC2)c1Br. The third kappa shape index (κ3) is 2.78. The van der Waals surface area contributed by atoms with Crippen molar-refractivity contribution in [1.29, 1.82) is 0 Å². The highest BCUT2D eigenvalue weighted by molar-refractivity contribution is 9.10. The van der Waals surface area contributed by atoms with Gasteiger partial charge in [-0.2, -0.15) is 5.10 Å². The Morgan fingerprint density at radius 1 is 1.50 bits per heavy atom. The highest BCUT2D eigenvalue weighted by Crippen LogP contribution is 2.23. The number of hydrogen-bond acceptors (Lipinski definition) is 3. The molecule has 18 heavy (non-hydrogen) atoms. The first-order valence-corrected chi connectivity index (χ1v) is 7.58. The van der Waals surface area contributed by atoms with Crippen LogP contribution in [0.1, 0.15) is 38.6 Å². The smallest absolute Gasteiger partial charge is 0.0767 e. The van der Waals surface area contributed by atoms with Gasteiger partial charge in [0.1, 0.15) is 0 Å². The van der Waals surface area contributed by atoms with E-state index in [1.54, 1.807) is 0 Å². The molecule has 0 spiro atoms. The molecule has 0 bridgehead atoms. The Hall–Kier alpha value is -0.390. The lowest BCUT2D eigenvalue weighted by Gasteiger charge is -2.24. The zero-order valence-corrected chi connectivity index (χ0v) is 13.1. The topological polar surface area (TPSA) is 41.9 Å². The summed E-state index contributed by atoms with van der Waals surface area (Å²) < 4.78 is 3.27. The average Bonchev–Trinajstić information content (AvgIpc) is 2.92. The number of hydrogen-bond donors (Lipinski definition) is 2. The van der Waals surface area contributed by atoms with Crippen molar-refractivity contribution < 1.29 is 0 Å². The first-order valence-electron chi connectivity index (χ1n) is 6.79. The molecule has 1 aliphatic rings. The van der Waals surface area contributed by atoms with Gasteiger partial charge in [-0.3, -0.25) is 4.68 Å². The van der Waals surface area contributed by atoms with Crippen LogP contribution in [0, 0.1) is 0 Å². The first-order chi connectivity index (χ1) is 8.59. The minimum absolute atomic E-state index is 0.217. The van der Waals surface area contributed by atoms with Gasteiger partial charge in [-0.15, -0.1) is 0 Å². The second-order valence-electron chi connectivity index (χ2n) is 5.22. The van der Waals surface area contributed by atoms with Crippen LogP contribution in [-0.4, -0.2) is 28.4 Å². The monoisotopic (exact) mass is 314 g/mol. The van der Waals surface area contributed by atoms with Crippen molar-refractivity contribution >= 4 is 15.9 Å². The molecule has 102 valence electrons. The van der Waals surface area contributed by atoms with E-state index in [1.807, 2.05) is 0 Å². The van der Waals surface area contributed by atoms with Crippen molar-refractivity contribution in [2.24, 2.45) is 0 Å². The van der Waals surface area contributed by atoms with Crippen LogP contribution in [0.25, 0.3) is 0 Å². The maximum absolute atomic E-state index is 4.63. The number of halogens is 1. The molecule has 4 nitrogen and oxygen atoms in total. The number of nitrogens with one attached hydrogen (secondary N) is 2. The van der Waals surface area contributed by atoms with E-state index in [2.05, 4.69) is 57.1 Å².